The molecule has 2 heterocycles. The van der Waals surface area contributed by atoms with Crippen molar-refractivity contribution in [3.63, 3.8) is 0 Å². The second kappa shape index (κ2) is 9.43. The molecule has 1 saturated heterocycles. The third-order valence-corrected chi connectivity index (χ3v) is 6.82. The van der Waals surface area contributed by atoms with E-state index in [9.17, 15) is 44.6 Å². The number of nitrogens with zero attached hydrogens (tertiary/aromatic N) is 2. The predicted octanol–water partition coefficient (Wildman–Crippen LogP) is 5.80. The lowest BCUT2D eigenvalue weighted by atomic mass is 9.71. The molecule has 14 heteroatoms. The predicted molar refractivity (Wildman–Crippen MR) is 111 cm³/mol. The average Bonchev–Trinajstić information content (AvgIpc) is 3.13. The number of benzene rings is 1. The van der Waals surface area contributed by atoms with Crippen molar-refractivity contribution in [2.45, 2.75) is 49.4 Å². The molecular weight excluding hydrogens is 561 g/mol. The molecule has 35 heavy (non-hydrogen) atoms. The summed E-state index contributed by atoms with van der Waals surface area (Å²) >= 11 is 3.15. The highest BCUT2D eigenvalue weighted by Crippen LogP contribution is 2.54. The van der Waals surface area contributed by atoms with Gasteiger partial charge < -0.3 is 15.7 Å². The van der Waals surface area contributed by atoms with Crippen molar-refractivity contribution in [1.82, 2.24) is 4.98 Å². The molecule has 0 aliphatic carbocycles. The van der Waals surface area contributed by atoms with Crippen LogP contribution in [0.2, 0.25) is 0 Å². The number of halogens is 10. The number of hydrogen-bond acceptors (Lipinski definition) is 4. The Balaban J connectivity index is 2.27. The van der Waals surface area contributed by atoms with Crippen molar-refractivity contribution in [3.8, 4) is 0 Å². The van der Waals surface area contributed by atoms with E-state index in [-0.39, 0.29) is 41.7 Å². The van der Waals surface area contributed by atoms with Crippen molar-refractivity contribution >= 4 is 21.7 Å². The van der Waals surface area contributed by atoms with E-state index in [1.807, 2.05) is 0 Å². The quantitative estimate of drug-likeness (QED) is 0.347. The fourth-order valence-corrected chi connectivity index (χ4v) is 4.97. The van der Waals surface area contributed by atoms with Crippen molar-refractivity contribution in [2.75, 3.05) is 18.1 Å². The van der Waals surface area contributed by atoms with Crippen LogP contribution in [0.15, 0.2) is 34.9 Å². The summed E-state index contributed by atoms with van der Waals surface area (Å²) in [6.45, 7) is -1.12. The molecule has 4 nitrogen and oxygen atoms in total. The van der Waals surface area contributed by atoms with Crippen molar-refractivity contribution in [1.29, 1.82) is 0 Å². The van der Waals surface area contributed by atoms with Gasteiger partial charge in [-0.1, -0.05) is 6.07 Å². The number of anilines is 1. The van der Waals surface area contributed by atoms with E-state index in [2.05, 4.69) is 20.9 Å². The van der Waals surface area contributed by atoms with Gasteiger partial charge in [0.2, 0.25) is 0 Å². The van der Waals surface area contributed by atoms with Gasteiger partial charge in [0.1, 0.15) is 15.8 Å². The summed E-state index contributed by atoms with van der Waals surface area (Å²) in [5.74, 6) is 0.00155. The number of pyridine rings is 1. The van der Waals surface area contributed by atoms with Gasteiger partial charge >= 0.3 is 18.5 Å². The zero-order valence-corrected chi connectivity index (χ0v) is 19.3. The molecule has 1 aromatic carbocycles. The lowest BCUT2D eigenvalue weighted by Crippen LogP contribution is -2.53. The molecule has 0 amide bonds. The summed E-state index contributed by atoms with van der Waals surface area (Å²) in [5.41, 5.74) is -1.93. The number of hydrogen-bond donors (Lipinski definition) is 2. The van der Waals surface area contributed by atoms with E-state index in [0.717, 1.165) is 4.90 Å². The smallest absolute Gasteiger partial charge is 0.396 e. The van der Waals surface area contributed by atoms with Crippen LogP contribution in [0.25, 0.3) is 0 Å². The number of alkyl halides is 9. The topological polar surface area (TPSA) is 62.4 Å². The van der Waals surface area contributed by atoms with Crippen LogP contribution >= 0.6 is 15.9 Å². The standard InChI is InChI=1S/C21H19BrF9N3O/c22-17-11(10-32)1-2-16(33-17)34-5-4-18(21(29,30)31,15(34)3-6-35)12-7-13(19(23,24)25)9-14(8-12)20(26,27)28/h1-2,7-9,15,35H,3-6,10,32H2. The minimum atomic E-state index is -5.32. The van der Waals surface area contributed by atoms with Gasteiger partial charge in [0.05, 0.1) is 17.2 Å². The van der Waals surface area contributed by atoms with E-state index in [1.165, 1.54) is 12.1 Å². The molecule has 1 aliphatic rings. The minimum Gasteiger partial charge on any atom is -0.396 e. The molecule has 1 aliphatic heterocycles. The second-order valence-corrected chi connectivity index (χ2v) is 8.81. The normalized spacial score (nSPS) is 21.6. The highest BCUT2D eigenvalue weighted by Gasteiger charge is 2.65. The van der Waals surface area contributed by atoms with Crippen LogP contribution in [0.4, 0.5) is 45.3 Å². The maximum atomic E-state index is 14.7. The van der Waals surface area contributed by atoms with Crippen molar-refractivity contribution < 1.29 is 44.6 Å². The minimum absolute atomic E-state index is 0.00155. The van der Waals surface area contributed by atoms with Crippen LogP contribution < -0.4 is 10.6 Å². The first kappa shape index (κ1) is 27.5. The molecule has 2 atom stereocenters. The third kappa shape index (κ3) is 5.10. The van der Waals surface area contributed by atoms with Crippen LogP contribution in [0.1, 0.15) is 35.1 Å². The third-order valence-electron chi connectivity index (χ3n) is 6.13. The molecule has 1 aromatic heterocycles. The Bertz CT molecular complexity index is 1040. The second-order valence-electron chi connectivity index (χ2n) is 8.06. The number of nitrogens with two attached hydrogens (primary N) is 1. The van der Waals surface area contributed by atoms with Crippen LogP contribution in [-0.2, 0) is 24.3 Å². The fraction of sp³-hybridized carbons (Fsp3) is 0.476. The Labute approximate surface area is 202 Å². The van der Waals surface area contributed by atoms with Crippen LogP contribution in [0, 0.1) is 0 Å². The van der Waals surface area contributed by atoms with Crippen LogP contribution in [-0.4, -0.2) is 35.5 Å². The lowest BCUT2D eigenvalue weighted by Gasteiger charge is -2.40. The Morgan fingerprint density at radius 2 is 1.57 bits per heavy atom. The molecule has 3 N–H and O–H groups in total. The Hall–Kier alpha value is -2.06. The van der Waals surface area contributed by atoms with Crippen LogP contribution in [0.5, 0.6) is 0 Å². The SMILES string of the molecule is NCc1ccc(N2CCC(c3cc(C(F)(F)F)cc(C(F)(F)F)c3)(C(F)(F)F)C2CCO)nc1Br. The van der Waals surface area contributed by atoms with Crippen LogP contribution in [0.3, 0.4) is 0 Å². The van der Waals surface area contributed by atoms with E-state index in [1.54, 1.807) is 0 Å². The summed E-state index contributed by atoms with van der Waals surface area (Å²) in [6.07, 6.45) is -17.3. The molecule has 3 rings (SSSR count). The van der Waals surface area contributed by atoms with E-state index in [4.69, 9.17) is 5.73 Å². The summed E-state index contributed by atoms with van der Waals surface area (Å²) in [7, 11) is 0. The van der Waals surface area contributed by atoms with E-state index >= 15 is 0 Å². The molecule has 0 bridgehead atoms. The number of aromatic nitrogens is 1. The van der Waals surface area contributed by atoms with Gasteiger partial charge in [0, 0.05) is 19.7 Å². The molecule has 194 valence electrons. The largest absolute Gasteiger partial charge is 0.416 e. The summed E-state index contributed by atoms with van der Waals surface area (Å²) in [4.78, 5) is 5.31. The Morgan fingerprint density at radius 1 is 1.00 bits per heavy atom. The molecule has 2 unspecified atom stereocenters. The first-order chi connectivity index (χ1) is 16.1. The van der Waals surface area contributed by atoms with Crippen molar-refractivity contribution in [3.05, 3.63) is 57.2 Å². The highest BCUT2D eigenvalue weighted by atomic mass is 79.9. The highest BCUT2D eigenvalue weighted by molar-refractivity contribution is 9.10. The lowest BCUT2D eigenvalue weighted by molar-refractivity contribution is -0.194. The van der Waals surface area contributed by atoms with Gasteiger partial charge in [-0.05, 0) is 64.2 Å². The Morgan fingerprint density at radius 3 is 2.00 bits per heavy atom. The summed E-state index contributed by atoms with van der Waals surface area (Å²) in [5, 5.41) is 9.54. The van der Waals surface area contributed by atoms with E-state index < -0.39 is 66.1 Å². The van der Waals surface area contributed by atoms with E-state index in [0.29, 0.717) is 5.56 Å². The fourth-order valence-electron chi connectivity index (χ4n) is 4.49. The average molecular weight is 580 g/mol. The van der Waals surface area contributed by atoms with Gasteiger partial charge in [-0.2, -0.15) is 39.5 Å². The molecule has 0 spiro atoms. The zero-order chi connectivity index (χ0) is 26.4. The van der Waals surface area contributed by atoms with Crippen molar-refractivity contribution in [2.24, 2.45) is 5.73 Å². The van der Waals surface area contributed by atoms with Gasteiger partial charge in [-0.15, -0.1) is 0 Å². The van der Waals surface area contributed by atoms with Gasteiger partial charge in [-0.25, -0.2) is 4.98 Å². The first-order valence-corrected chi connectivity index (χ1v) is 10.9. The maximum Gasteiger partial charge on any atom is 0.416 e. The van der Waals surface area contributed by atoms with Gasteiger partial charge in [0.25, 0.3) is 0 Å². The van der Waals surface area contributed by atoms with Gasteiger partial charge in [-0.3, -0.25) is 0 Å². The summed E-state index contributed by atoms with van der Waals surface area (Å²) in [6, 6.07) is 1.11. The Kier molecular flexibility index (Phi) is 7.42. The molecule has 1 fully saturated rings. The number of aliphatic hydroxyl groups excluding tert-OH is 1. The maximum absolute atomic E-state index is 14.7. The monoisotopic (exact) mass is 579 g/mol. The molecule has 0 radical (unpaired) electrons. The molecule has 2 aromatic rings. The van der Waals surface area contributed by atoms with Gasteiger partial charge in [0.15, 0.2) is 0 Å². The molecular formula is C21H19BrF9N3O. The molecule has 0 saturated carbocycles. The summed E-state index contributed by atoms with van der Waals surface area (Å²) < 4.78 is 125. The number of rotatable bonds is 5. The first-order valence-electron chi connectivity index (χ1n) is 10.2. The number of aliphatic hydroxyl groups is 1. The zero-order valence-electron chi connectivity index (χ0n) is 17.7.